The van der Waals surface area contributed by atoms with E-state index >= 15 is 0 Å². The lowest BCUT2D eigenvalue weighted by atomic mass is 9.77. The minimum absolute atomic E-state index is 0.0123. The van der Waals surface area contributed by atoms with Crippen LogP contribution in [0.2, 0.25) is 0 Å². The van der Waals surface area contributed by atoms with Crippen LogP contribution in [0.1, 0.15) is 36.4 Å². The summed E-state index contributed by atoms with van der Waals surface area (Å²) in [5.74, 6) is -0.496. The Bertz CT molecular complexity index is 1240. The van der Waals surface area contributed by atoms with Gasteiger partial charge in [-0.05, 0) is 78.4 Å². The van der Waals surface area contributed by atoms with Crippen molar-refractivity contribution in [3.8, 4) is 0 Å². The lowest BCUT2D eigenvalue weighted by molar-refractivity contribution is -0.384. The zero-order valence-corrected chi connectivity index (χ0v) is 17.7. The van der Waals surface area contributed by atoms with Crippen LogP contribution in [0.3, 0.4) is 0 Å². The third kappa shape index (κ3) is 4.14. The summed E-state index contributed by atoms with van der Waals surface area (Å²) in [6, 6.07) is 19.0. The predicted molar refractivity (Wildman–Crippen MR) is 124 cm³/mol. The molecule has 0 radical (unpaired) electrons. The van der Waals surface area contributed by atoms with Crippen molar-refractivity contribution in [2.45, 2.75) is 25.3 Å². The highest BCUT2D eigenvalue weighted by Gasteiger charge is 2.41. The van der Waals surface area contributed by atoms with E-state index in [1.54, 1.807) is 36.4 Å². The van der Waals surface area contributed by atoms with E-state index in [-0.39, 0.29) is 29.3 Å². The molecule has 0 aromatic heterocycles. The maximum absolute atomic E-state index is 13.6. The van der Waals surface area contributed by atoms with Crippen molar-refractivity contribution in [3.05, 3.63) is 111 Å². The minimum Gasteiger partial charge on any atom is -0.258 e. The zero-order chi connectivity index (χ0) is 22.9. The first kappa shape index (κ1) is 21.0. The molecular formula is C26H21F2N3O2. The second-order valence-electron chi connectivity index (χ2n) is 8.32. The standard InChI is InChI=1S/C26H21F2N3O2/c27-20-8-4-17(5-9-20)16-19-2-1-3-24-25(19)29-30(22-12-14-23(15-13-22)31(32)33)26(24)18-6-10-21(28)11-7-18/h4-16,24,26H,1-3H2. The van der Waals surface area contributed by atoms with E-state index in [4.69, 9.17) is 5.10 Å². The summed E-state index contributed by atoms with van der Waals surface area (Å²) >= 11 is 0. The number of allylic oxidation sites excluding steroid dienone is 1. The Kier molecular flexibility index (Phi) is 5.46. The topological polar surface area (TPSA) is 58.7 Å². The number of nitrogens with zero attached hydrogens (tertiary/aromatic N) is 3. The lowest BCUT2D eigenvalue weighted by Gasteiger charge is -2.30. The van der Waals surface area contributed by atoms with Crippen LogP contribution >= 0.6 is 0 Å². The molecule has 1 aliphatic heterocycles. The van der Waals surface area contributed by atoms with Gasteiger partial charge in [-0.2, -0.15) is 5.10 Å². The van der Waals surface area contributed by atoms with E-state index in [1.807, 2.05) is 11.1 Å². The van der Waals surface area contributed by atoms with Gasteiger partial charge in [0.25, 0.3) is 5.69 Å². The van der Waals surface area contributed by atoms with Gasteiger partial charge in [0.2, 0.25) is 0 Å². The molecule has 166 valence electrons. The van der Waals surface area contributed by atoms with Gasteiger partial charge in [0.15, 0.2) is 0 Å². The van der Waals surface area contributed by atoms with Crippen LogP contribution < -0.4 is 5.01 Å². The van der Waals surface area contributed by atoms with Gasteiger partial charge in [-0.1, -0.05) is 24.3 Å². The van der Waals surface area contributed by atoms with Crippen LogP contribution in [0.15, 0.2) is 83.5 Å². The van der Waals surface area contributed by atoms with E-state index in [9.17, 15) is 18.9 Å². The number of halogens is 2. The van der Waals surface area contributed by atoms with E-state index in [0.717, 1.165) is 47.4 Å². The summed E-state index contributed by atoms with van der Waals surface area (Å²) in [7, 11) is 0. The highest BCUT2D eigenvalue weighted by Crippen LogP contribution is 2.46. The van der Waals surface area contributed by atoms with Crippen molar-refractivity contribution in [2.24, 2.45) is 11.0 Å². The van der Waals surface area contributed by atoms with Crippen LogP contribution in [0.4, 0.5) is 20.2 Å². The number of hydrogen-bond acceptors (Lipinski definition) is 4. The molecule has 3 aromatic rings. The molecule has 1 saturated carbocycles. The summed E-state index contributed by atoms with van der Waals surface area (Å²) in [6.07, 6.45) is 4.80. The maximum Gasteiger partial charge on any atom is 0.269 e. The van der Waals surface area contributed by atoms with Crippen molar-refractivity contribution >= 4 is 23.2 Å². The smallest absolute Gasteiger partial charge is 0.258 e. The number of nitro benzene ring substituents is 1. The molecule has 2 aliphatic rings. The predicted octanol–water partition coefficient (Wildman–Crippen LogP) is 6.67. The SMILES string of the molecule is O=[N+]([O-])c1ccc(N2N=C3C(=Cc4ccc(F)cc4)CCCC3C2c2ccc(F)cc2)cc1. The van der Waals surface area contributed by atoms with Crippen LogP contribution in [-0.4, -0.2) is 10.6 Å². The quantitative estimate of drug-likeness (QED) is 0.333. The largest absolute Gasteiger partial charge is 0.269 e. The third-order valence-corrected chi connectivity index (χ3v) is 6.25. The number of benzene rings is 3. The molecule has 3 aromatic carbocycles. The molecule has 33 heavy (non-hydrogen) atoms. The van der Waals surface area contributed by atoms with E-state index in [1.165, 1.54) is 36.4 Å². The molecule has 7 heteroatoms. The van der Waals surface area contributed by atoms with Gasteiger partial charge >= 0.3 is 0 Å². The van der Waals surface area contributed by atoms with Crippen molar-refractivity contribution in [1.29, 1.82) is 0 Å². The minimum atomic E-state index is -0.430. The van der Waals surface area contributed by atoms with Gasteiger partial charge < -0.3 is 0 Å². The van der Waals surface area contributed by atoms with Crippen LogP contribution in [0.25, 0.3) is 6.08 Å². The van der Waals surface area contributed by atoms with Gasteiger partial charge in [0, 0.05) is 18.1 Å². The van der Waals surface area contributed by atoms with E-state index < -0.39 is 4.92 Å². The molecule has 0 saturated heterocycles. The summed E-state index contributed by atoms with van der Waals surface area (Å²) in [5.41, 5.74) is 4.63. The van der Waals surface area contributed by atoms with Crippen LogP contribution in [0, 0.1) is 27.7 Å². The average molecular weight is 445 g/mol. The number of anilines is 1. The molecule has 1 heterocycles. The summed E-state index contributed by atoms with van der Waals surface area (Å²) in [5, 5.41) is 18.0. The molecule has 5 rings (SSSR count). The fourth-order valence-corrected chi connectivity index (χ4v) is 4.70. The zero-order valence-electron chi connectivity index (χ0n) is 17.7. The number of fused-ring (bicyclic) bond motifs is 1. The first-order valence-corrected chi connectivity index (χ1v) is 10.8. The molecular weight excluding hydrogens is 424 g/mol. The molecule has 5 nitrogen and oxygen atoms in total. The van der Waals surface area contributed by atoms with Crippen molar-refractivity contribution in [2.75, 3.05) is 5.01 Å². The van der Waals surface area contributed by atoms with Gasteiger partial charge in [-0.15, -0.1) is 0 Å². The van der Waals surface area contributed by atoms with Crippen molar-refractivity contribution in [3.63, 3.8) is 0 Å². The summed E-state index contributed by atoms with van der Waals surface area (Å²) in [4.78, 5) is 10.7. The molecule has 2 atom stereocenters. The average Bonchev–Trinajstić information content (AvgIpc) is 3.22. The Morgan fingerprint density at radius 3 is 2.21 bits per heavy atom. The molecule has 0 spiro atoms. The van der Waals surface area contributed by atoms with Crippen LogP contribution in [-0.2, 0) is 0 Å². The first-order chi connectivity index (χ1) is 16.0. The molecule has 0 N–H and O–H groups in total. The van der Waals surface area contributed by atoms with Gasteiger partial charge in [0.05, 0.1) is 22.4 Å². The first-order valence-electron chi connectivity index (χ1n) is 10.8. The normalized spacial score (nSPS) is 21.1. The number of nitro groups is 1. The number of hydrogen-bond donors (Lipinski definition) is 0. The van der Waals surface area contributed by atoms with Gasteiger partial charge in [-0.25, -0.2) is 8.78 Å². The monoisotopic (exact) mass is 445 g/mol. The Morgan fingerprint density at radius 2 is 1.58 bits per heavy atom. The molecule has 1 fully saturated rings. The highest BCUT2D eigenvalue weighted by molar-refractivity contribution is 6.08. The van der Waals surface area contributed by atoms with Crippen LogP contribution in [0.5, 0.6) is 0 Å². The summed E-state index contributed by atoms with van der Waals surface area (Å²) < 4.78 is 27.0. The Balaban J connectivity index is 1.58. The van der Waals surface area contributed by atoms with Gasteiger partial charge in [0.1, 0.15) is 11.6 Å². The van der Waals surface area contributed by atoms with E-state index in [2.05, 4.69) is 0 Å². The van der Waals surface area contributed by atoms with Crippen molar-refractivity contribution in [1.82, 2.24) is 0 Å². The second kappa shape index (κ2) is 8.58. The van der Waals surface area contributed by atoms with Gasteiger partial charge in [-0.3, -0.25) is 15.1 Å². The number of non-ortho nitro benzene ring substituents is 1. The maximum atomic E-state index is 13.6. The fourth-order valence-electron chi connectivity index (χ4n) is 4.70. The van der Waals surface area contributed by atoms with Crippen molar-refractivity contribution < 1.29 is 13.7 Å². The number of hydrazone groups is 1. The highest BCUT2D eigenvalue weighted by atomic mass is 19.1. The summed E-state index contributed by atoms with van der Waals surface area (Å²) in [6.45, 7) is 0. The molecule has 0 bridgehead atoms. The molecule has 1 aliphatic carbocycles. The molecule has 2 unspecified atom stereocenters. The Morgan fingerprint density at radius 1 is 0.939 bits per heavy atom. The molecule has 0 amide bonds. The second-order valence-corrected chi connectivity index (χ2v) is 8.32. The third-order valence-electron chi connectivity index (χ3n) is 6.25. The Labute approximate surface area is 189 Å². The van der Waals surface area contributed by atoms with E-state index in [0.29, 0.717) is 0 Å². The fraction of sp³-hybridized carbons (Fsp3) is 0.192. The Hall–Kier alpha value is -3.87. The lowest BCUT2D eigenvalue weighted by Crippen LogP contribution is -2.28. The number of rotatable bonds is 4.